The predicted octanol–water partition coefficient (Wildman–Crippen LogP) is 1.26. The number of fused-ring (bicyclic) bond motifs is 1. The van der Waals surface area contributed by atoms with Crippen molar-refractivity contribution in [2.45, 2.75) is 13.3 Å². The first-order valence-corrected chi connectivity index (χ1v) is 8.28. The summed E-state index contributed by atoms with van der Waals surface area (Å²) < 4.78 is 0. The number of Topliss-reactive ketones (excluding diaryl/α,β-unsaturated/α-hetero) is 1. The molecule has 4 aliphatic rings. The van der Waals surface area contributed by atoms with Crippen LogP contribution in [0.2, 0.25) is 0 Å². The summed E-state index contributed by atoms with van der Waals surface area (Å²) in [6, 6.07) is 6.70. The minimum Gasteiger partial charge on any atom is -0.550 e. The van der Waals surface area contributed by atoms with Crippen molar-refractivity contribution in [2.75, 3.05) is 5.32 Å². The molecule has 6 atom stereocenters. The fraction of sp³-hybridized carbons (Fsp3) is 0.421. The van der Waals surface area contributed by atoms with Gasteiger partial charge in [0.25, 0.3) is 0 Å². The lowest BCUT2D eigenvalue weighted by molar-refractivity contribution is -0.316. The molecule has 5 nitrogen and oxygen atoms in total. The fourth-order valence-electron chi connectivity index (χ4n) is 4.60. The second-order valence-corrected chi connectivity index (χ2v) is 7.10. The fourth-order valence-corrected chi connectivity index (χ4v) is 4.60. The van der Waals surface area contributed by atoms with Gasteiger partial charge in [-0.3, -0.25) is 9.59 Å². The van der Waals surface area contributed by atoms with Gasteiger partial charge >= 0.3 is 0 Å². The summed E-state index contributed by atoms with van der Waals surface area (Å²) in [7, 11) is 0. The molecule has 2 bridgehead atoms. The van der Waals surface area contributed by atoms with E-state index in [1.807, 2.05) is 12.2 Å². The van der Waals surface area contributed by atoms with E-state index < -0.39 is 17.8 Å². The van der Waals surface area contributed by atoms with E-state index in [2.05, 4.69) is 5.32 Å². The Labute approximate surface area is 139 Å². The number of amides is 1. The average molecular weight is 324 g/mol. The van der Waals surface area contributed by atoms with Crippen molar-refractivity contribution < 1.29 is 19.5 Å². The van der Waals surface area contributed by atoms with Crippen LogP contribution < -0.4 is 10.4 Å². The maximum atomic E-state index is 12.8. The lowest BCUT2D eigenvalue weighted by Gasteiger charge is -2.44. The second-order valence-electron chi connectivity index (χ2n) is 7.10. The van der Waals surface area contributed by atoms with Gasteiger partial charge in [-0.05, 0) is 49.1 Å². The van der Waals surface area contributed by atoms with Crippen LogP contribution >= 0.6 is 0 Å². The number of hydrogen-bond acceptors (Lipinski definition) is 4. The van der Waals surface area contributed by atoms with Gasteiger partial charge in [0, 0.05) is 23.1 Å². The number of carboxylic acids is 1. The lowest BCUT2D eigenvalue weighted by atomic mass is 9.62. The van der Waals surface area contributed by atoms with E-state index in [4.69, 9.17) is 0 Å². The first-order valence-electron chi connectivity index (χ1n) is 8.28. The molecule has 0 saturated heterocycles. The number of aliphatic carboxylic acids is 1. The molecule has 0 radical (unpaired) electrons. The number of hydrogen-bond donors (Lipinski definition) is 1. The number of anilines is 1. The van der Waals surface area contributed by atoms with Crippen LogP contribution in [0.5, 0.6) is 0 Å². The van der Waals surface area contributed by atoms with E-state index in [1.54, 1.807) is 24.3 Å². The average Bonchev–Trinajstić information content (AvgIpc) is 3.36. The highest BCUT2D eigenvalue weighted by Crippen LogP contribution is 2.63. The quantitative estimate of drug-likeness (QED) is 0.667. The molecular formula is C19H18NO4-. The van der Waals surface area contributed by atoms with Gasteiger partial charge in [-0.15, -0.1) is 0 Å². The smallest absolute Gasteiger partial charge is 0.228 e. The number of benzene rings is 1. The van der Waals surface area contributed by atoms with Crippen molar-refractivity contribution in [3.05, 3.63) is 42.0 Å². The Morgan fingerprint density at radius 3 is 2.38 bits per heavy atom. The summed E-state index contributed by atoms with van der Waals surface area (Å²) in [5.74, 6) is -2.19. The predicted molar refractivity (Wildman–Crippen MR) is 84.8 cm³/mol. The summed E-state index contributed by atoms with van der Waals surface area (Å²) in [4.78, 5) is 35.9. The van der Waals surface area contributed by atoms with Gasteiger partial charge in [0.05, 0.1) is 5.92 Å². The zero-order valence-corrected chi connectivity index (χ0v) is 13.3. The van der Waals surface area contributed by atoms with Gasteiger partial charge in [0.15, 0.2) is 5.78 Å². The van der Waals surface area contributed by atoms with Crippen LogP contribution in [-0.4, -0.2) is 17.7 Å². The molecule has 2 saturated carbocycles. The molecule has 2 fully saturated rings. The third-order valence-corrected chi connectivity index (χ3v) is 5.76. The Morgan fingerprint density at radius 1 is 1.08 bits per heavy atom. The minimum absolute atomic E-state index is 0.0288. The van der Waals surface area contributed by atoms with E-state index in [1.165, 1.54) is 6.92 Å². The summed E-state index contributed by atoms with van der Waals surface area (Å²) >= 11 is 0. The lowest BCUT2D eigenvalue weighted by Crippen LogP contribution is -2.52. The monoisotopic (exact) mass is 324 g/mol. The van der Waals surface area contributed by atoms with Crippen molar-refractivity contribution in [1.82, 2.24) is 0 Å². The number of nitrogens with one attached hydrogen (secondary N) is 1. The molecule has 0 heterocycles. The van der Waals surface area contributed by atoms with Gasteiger partial charge in [-0.1, -0.05) is 24.3 Å². The van der Waals surface area contributed by atoms with E-state index in [9.17, 15) is 19.5 Å². The SMILES string of the molecule is CC(=O)c1cccc(NC(=O)C2C3C=CC(C4CC34)C2C(=O)[O-])c1. The first kappa shape index (κ1) is 15.1. The summed E-state index contributed by atoms with van der Waals surface area (Å²) in [5.41, 5.74) is 1.03. The first-order chi connectivity index (χ1) is 11.5. The number of carbonyl (C=O) groups excluding carboxylic acids is 3. The van der Waals surface area contributed by atoms with Crippen molar-refractivity contribution in [3.8, 4) is 0 Å². The summed E-state index contributed by atoms with van der Waals surface area (Å²) in [5, 5.41) is 14.4. The summed E-state index contributed by atoms with van der Waals surface area (Å²) in [6.07, 6.45) is 4.96. The van der Waals surface area contributed by atoms with Gasteiger partial charge in [0.2, 0.25) is 5.91 Å². The maximum Gasteiger partial charge on any atom is 0.228 e. The zero-order valence-electron chi connectivity index (χ0n) is 13.3. The molecule has 4 aliphatic carbocycles. The Hall–Kier alpha value is -2.43. The van der Waals surface area contributed by atoms with Gasteiger partial charge in [-0.25, -0.2) is 0 Å². The van der Waals surface area contributed by atoms with Crippen molar-refractivity contribution >= 4 is 23.3 Å². The highest BCUT2D eigenvalue weighted by atomic mass is 16.4. The molecule has 5 rings (SSSR count). The van der Waals surface area contributed by atoms with Gasteiger partial charge < -0.3 is 15.2 Å². The Morgan fingerprint density at radius 2 is 1.75 bits per heavy atom. The topological polar surface area (TPSA) is 86.3 Å². The van der Waals surface area contributed by atoms with E-state index in [0.29, 0.717) is 23.1 Å². The Bertz CT molecular complexity index is 768. The number of carbonyl (C=O) groups is 3. The molecule has 1 N–H and O–H groups in total. The van der Waals surface area contributed by atoms with Crippen LogP contribution in [0, 0.1) is 35.5 Å². The number of allylic oxidation sites excluding steroid dienone is 2. The third-order valence-electron chi connectivity index (χ3n) is 5.76. The molecule has 5 heteroatoms. The Kier molecular flexibility index (Phi) is 3.34. The van der Waals surface area contributed by atoms with Crippen molar-refractivity contribution in [3.63, 3.8) is 0 Å². The molecule has 0 aromatic heterocycles. The molecule has 6 unspecified atom stereocenters. The normalized spacial score (nSPS) is 35.2. The molecule has 1 aromatic rings. The molecular weight excluding hydrogens is 306 g/mol. The summed E-state index contributed by atoms with van der Waals surface area (Å²) in [6.45, 7) is 1.46. The molecule has 1 aromatic carbocycles. The van der Waals surface area contributed by atoms with Crippen LogP contribution in [0.4, 0.5) is 5.69 Å². The Balaban J connectivity index is 1.59. The standard InChI is InChI=1S/C19H19NO4/c1-9(21)10-3-2-4-11(7-10)20-18(22)16-12-5-6-13(15-8-14(12)15)17(16)19(23)24/h2-7,12-17H,8H2,1H3,(H,20,22)(H,23,24)/p-1. The van der Waals surface area contributed by atoms with Crippen LogP contribution in [0.25, 0.3) is 0 Å². The van der Waals surface area contributed by atoms with E-state index >= 15 is 0 Å². The molecule has 0 spiro atoms. The van der Waals surface area contributed by atoms with Crippen molar-refractivity contribution in [2.24, 2.45) is 35.5 Å². The highest BCUT2D eigenvalue weighted by Gasteiger charge is 2.61. The maximum absolute atomic E-state index is 12.8. The van der Waals surface area contributed by atoms with Crippen LogP contribution in [-0.2, 0) is 9.59 Å². The van der Waals surface area contributed by atoms with E-state index in [0.717, 1.165) is 6.42 Å². The largest absolute Gasteiger partial charge is 0.550 e. The van der Waals surface area contributed by atoms with Crippen LogP contribution in [0.3, 0.4) is 0 Å². The minimum atomic E-state index is -1.14. The second kappa shape index (κ2) is 5.30. The van der Waals surface area contributed by atoms with Crippen LogP contribution in [0.15, 0.2) is 36.4 Å². The van der Waals surface area contributed by atoms with Gasteiger partial charge in [0.1, 0.15) is 0 Å². The number of rotatable bonds is 4. The zero-order chi connectivity index (χ0) is 17.0. The van der Waals surface area contributed by atoms with Crippen molar-refractivity contribution in [1.29, 1.82) is 0 Å². The molecule has 0 aliphatic heterocycles. The van der Waals surface area contributed by atoms with Gasteiger partial charge in [-0.2, -0.15) is 0 Å². The highest BCUT2D eigenvalue weighted by molar-refractivity contribution is 5.99. The van der Waals surface area contributed by atoms with E-state index in [-0.39, 0.29) is 23.5 Å². The molecule has 1 amide bonds. The number of ketones is 1. The van der Waals surface area contributed by atoms with Crippen LogP contribution in [0.1, 0.15) is 23.7 Å². The molecule has 124 valence electrons. The third kappa shape index (κ3) is 2.27. The number of carboxylic acid groups (broad SMARTS) is 1. The molecule has 24 heavy (non-hydrogen) atoms.